The Bertz CT molecular complexity index is 229. The highest BCUT2D eigenvalue weighted by Crippen LogP contribution is 2.25. The first-order chi connectivity index (χ1) is 6.99. The van der Waals surface area contributed by atoms with Crippen LogP contribution < -0.4 is 5.32 Å². The first-order valence-electron chi connectivity index (χ1n) is 5.62. The van der Waals surface area contributed by atoms with E-state index in [1.165, 1.54) is 12.8 Å². The minimum Gasteiger partial charge on any atom is -0.480 e. The number of hydrogen-bond donors (Lipinski definition) is 2. The second-order valence-electron chi connectivity index (χ2n) is 4.70. The molecule has 1 aliphatic rings. The van der Waals surface area contributed by atoms with E-state index in [2.05, 4.69) is 17.3 Å². The second-order valence-corrected chi connectivity index (χ2v) is 4.70. The van der Waals surface area contributed by atoms with Gasteiger partial charge in [-0.25, -0.2) is 0 Å². The van der Waals surface area contributed by atoms with Crippen molar-refractivity contribution in [1.82, 2.24) is 10.2 Å². The summed E-state index contributed by atoms with van der Waals surface area (Å²) in [6.07, 6.45) is 4.21. The Hall–Kier alpha value is -0.610. The van der Waals surface area contributed by atoms with Gasteiger partial charge in [0.15, 0.2) is 0 Å². The van der Waals surface area contributed by atoms with E-state index in [4.69, 9.17) is 5.11 Å². The summed E-state index contributed by atoms with van der Waals surface area (Å²) in [6.45, 7) is 2.74. The Kier molecular flexibility index (Phi) is 4.11. The number of rotatable bonds is 7. The van der Waals surface area contributed by atoms with Crippen molar-refractivity contribution in [2.75, 3.05) is 20.6 Å². The zero-order valence-electron chi connectivity index (χ0n) is 9.92. The zero-order valence-corrected chi connectivity index (χ0v) is 9.92. The number of nitrogens with one attached hydrogen (secondary N) is 1. The van der Waals surface area contributed by atoms with Crippen LogP contribution in [0.3, 0.4) is 0 Å². The Morgan fingerprint density at radius 2 is 2.20 bits per heavy atom. The highest BCUT2D eigenvalue weighted by molar-refractivity contribution is 5.78. The summed E-state index contributed by atoms with van der Waals surface area (Å²) in [7, 11) is 3.83. The molecule has 1 unspecified atom stereocenters. The maximum Gasteiger partial charge on any atom is 0.323 e. The van der Waals surface area contributed by atoms with Crippen LogP contribution in [0.2, 0.25) is 0 Å². The Balaban J connectivity index is 2.24. The zero-order chi connectivity index (χ0) is 11.5. The van der Waals surface area contributed by atoms with E-state index in [0.717, 1.165) is 19.0 Å². The van der Waals surface area contributed by atoms with E-state index >= 15 is 0 Å². The minimum absolute atomic E-state index is 0.676. The lowest BCUT2D eigenvalue weighted by molar-refractivity contribution is -0.144. The largest absolute Gasteiger partial charge is 0.480 e. The van der Waals surface area contributed by atoms with Crippen molar-refractivity contribution >= 4 is 5.97 Å². The van der Waals surface area contributed by atoms with Crippen molar-refractivity contribution in [3.05, 3.63) is 0 Å². The number of carboxylic acids is 1. The molecule has 1 aliphatic carbocycles. The van der Waals surface area contributed by atoms with Crippen LogP contribution in [0.15, 0.2) is 0 Å². The lowest BCUT2D eigenvalue weighted by Gasteiger charge is -2.25. The van der Waals surface area contributed by atoms with E-state index in [0.29, 0.717) is 6.42 Å². The quantitative estimate of drug-likeness (QED) is 0.662. The van der Waals surface area contributed by atoms with Crippen molar-refractivity contribution in [3.63, 3.8) is 0 Å². The van der Waals surface area contributed by atoms with Crippen molar-refractivity contribution in [3.8, 4) is 0 Å². The van der Waals surface area contributed by atoms with Crippen LogP contribution in [0.25, 0.3) is 0 Å². The van der Waals surface area contributed by atoms with E-state index in [-0.39, 0.29) is 0 Å². The molecule has 1 saturated carbocycles. The van der Waals surface area contributed by atoms with Crippen LogP contribution >= 0.6 is 0 Å². The Labute approximate surface area is 91.6 Å². The van der Waals surface area contributed by atoms with Crippen LogP contribution in [0, 0.1) is 0 Å². The molecule has 0 aliphatic heterocycles. The van der Waals surface area contributed by atoms with Gasteiger partial charge >= 0.3 is 5.97 Å². The number of carbonyl (C=O) groups is 1. The third kappa shape index (κ3) is 3.47. The number of hydrogen-bond acceptors (Lipinski definition) is 3. The molecule has 0 bridgehead atoms. The molecule has 0 aromatic carbocycles. The molecular weight excluding hydrogens is 192 g/mol. The van der Waals surface area contributed by atoms with Gasteiger partial charge in [0.1, 0.15) is 5.54 Å². The maximum atomic E-state index is 11.0. The van der Waals surface area contributed by atoms with Crippen LogP contribution in [0.4, 0.5) is 0 Å². The van der Waals surface area contributed by atoms with Gasteiger partial charge in [-0.15, -0.1) is 0 Å². The summed E-state index contributed by atoms with van der Waals surface area (Å²) in [5, 5.41) is 11.9. The topological polar surface area (TPSA) is 52.6 Å². The average Bonchev–Trinajstić information content (AvgIpc) is 3.00. The molecule has 0 aromatic rings. The number of likely N-dealkylation sites (N-methyl/N-ethyl adjacent to an activating group) is 1. The molecule has 1 rings (SSSR count). The molecule has 0 radical (unpaired) electrons. The molecule has 0 heterocycles. The molecule has 0 aromatic heterocycles. The van der Waals surface area contributed by atoms with Crippen LogP contribution in [0.5, 0.6) is 0 Å². The third-order valence-electron chi connectivity index (χ3n) is 3.38. The smallest absolute Gasteiger partial charge is 0.323 e. The van der Waals surface area contributed by atoms with Gasteiger partial charge in [0, 0.05) is 6.04 Å². The molecular formula is C11H22N2O2. The molecule has 0 saturated heterocycles. The number of nitrogens with zero attached hydrogens (tertiary/aromatic N) is 1. The second kappa shape index (κ2) is 4.94. The number of aliphatic carboxylic acids is 1. The minimum atomic E-state index is -0.773. The van der Waals surface area contributed by atoms with E-state index in [1.807, 2.05) is 0 Å². The van der Waals surface area contributed by atoms with Crippen LogP contribution in [-0.2, 0) is 4.79 Å². The molecule has 1 fully saturated rings. The molecule has 88 valence electrons. The maximum absolute atomic E-state index is 11.0. The molecule has 4 heteroatoms. The van der Waals surface area contributed by atoms with Crippen LogP contribution in [0.1, 0.15) is 32.6 Å². The van der Waals surface area contributed by atoms with Gasteiger partial charge < -0.3 is 15.3 Å². The van der Waals surface area contributed by atoms with Crippen molar-refractivity contribution < 1.29 is 9.90 Å². The third-order valence-corrected chi connectivity index (χ3v) is 3.38. The van der Waals surface area contributed by atoms with Crippen molar-refractivity contribution in [2.45, 2.75) is 44.2 Å². The highest BCUT2D eigenvalue weighted by Gasteiger charge is 2.31. The van der Waals surface area contributed by atoms with Gasteiger partial charge in [-0.3, -0.25) is 4.79 Å². The summed E-state index contributed by atoms with van der Waals surface area (Å²) in [5.41, 5.74) is -0.773. The fourth-order valence-corrected chi connectivity index (χ4v) is 1.72. The first kappa shape index (κ1) is 12.5. The fraction of sp³-hybridized carbons (Fsp3) is 0.909. The molecule has 15 heavy (non-hydrogen) atoms. The summed E-state index contributed by atoms with van der Waals surface area (Å²) in [6, 6.07) is 0.760. The summed E-state index contributed by atoms with van der Waals surface area (Å²) in [4.78, 5) is 13.3. The number of carboxylic acid groups (broad SMARTS) is 1. The summed E-state index contributed by atoms with van der Waals surface area (Å²) in [5.74, 6) is -0.765. The predicted octanol–water partition coefficient (Wildman–Crippen LogP) is 0.923. The lowest BCUT2D eigenvalue weighted by atomic mass is 9.96. The monoisotopic (exact) mass is 214 g/mol. The lowest BCUT2D eigenvalue weighted by Crippen LogP contribution is -2.47. The average molecular weight is 214 g/mol. The van der Waals surface area contributed by atoms with Gasteiger partial charge in [0.05, 0.1) is 0 Å². The molecule has 1 atom stereocenters. The van der Waals surface area contributed by atoms with Gasteiger partial charge in [0.25, 0.3) is 0 Å². The molecule has 4 nitrogen and oxygen atoms in total. The SMILES string of the molecule is CNC(C)(CCCN(C)C1CC1)C(=O)O. The molecule has 0 amide bonds. The molecule has 2 N–H and O–H groups in total. The highest BCUT2D eigenvalue weighted by atomic mass is 16.4. The predicted molar refractivity (Wildman–Crippen MR) is 60.0 cm³/mol. The Morgan fingerprint density at radius 3 is 2.60 bits per heavy atom. The standard InChI is InChI=1S/C11H22N2O2/c1-11(12-2,10(14)15)7-4-8-13(3)9-5-6-9/h9,12H,4-8H2,1-3H3,(H,14,15). The van der Waals surface area contributed by atoms with E-state index in [9.17, 15) is 4.79 Å². The first-order valence-corrected chi connectivity index (χ1v) is 5.62. The summed E-state index contributed by atoms with van der Waals surface area (Å²) < 4.78 is 0. The van der Waals surface area contributed by atoms with E-state index < -0.39 is 11.5 Å². The van der Waals surface area contributed by atoms with Gasteiger partial charge in [-0.05, 0) is 53.2 Å². The van der Waals surface area contributed by atoms with Crippen molar-refractivity contribution in [2.24, 2.45) is 0 Å². The fourth-order valence-electron chi connectivity index (χ4n) is 1.72. The Morgan fingerprint density at radius 1 is 1.60 bits per heavy atom. The molecule has 0 spiro atoms. The van der Waals surface area contributed by atoms with Crippen molar-refractivity contribution in [1.29, 1.82) is 0 Å². The van der Waals surface area contributed by atoms with Gasteiger partial charge in [0.2, 0.25) is 0 Å². The summed E-state index contributed by atoms with van der Waals surface area (Å²) >= 11 is 0. The van der Waals surface area contributed by atoms with Gasteiger partial charge in [-0.2, -0.15) is 0 Å². The van der Waals surface area contributed by atoms with Crippen LogP contribution in [-0.4, -0.2) is 48.2 Å². The van der Waals surface area contributed by atoms with E-state index in [1.54, 1.807) is 14.0 Å². The normalized spacial score (nSPS) is 20.3. The van der Waals surface area contributed by atoms with Gasteiger partial charge in [-0.1, -0.05) is 0 Å².